The summed E-state index contributed by atoms with van der Waals surface area (Å²) in [6, 6.07) is 13.7. The topological polar surface area (TPSA) is 57.3 Å². The fraction of sp³-hybridized carbons (Fsp3) is 0.294. The smallest absolute Gasteiger partial charge is 0.279 e. The lowest BCUT2D eigenvalue weighted by Gasteiger charge is -2.16. The van der Waals surface area contributed by atoms with Crippen molar-refractivity contribution < 1.29 is 9.69 Å². The Morgan fingerprint density at radius 3 is 2.68 bits per heavy atom. The van der Waals surface area contributed by atoms with Gasteiger partial charge in [-0.2, -0.15) is 5.26 Å². The third kappa shape index (κ3) is 4.99. The Kier molecular flexibility index (Phi) is 6.13. The largest absolute Gasteiger partial charge is 0.323 e. The number of benzene rings is 1. The Morgan fingerprint density at radius 2 is 2.09 bits per heavy atom. The quantitative estimate of drug-likeness (QED) is 0.819. The van der Waals surface area contributed by atoms with E-state index in [1.165, 1.54) is 9.78 Å². The average molecular weight is 314 g/mol. The zero-order chi connectivity index (χ0) is 15.8. The van der Waals surface area contributed by atoms with Crippen molar-refractivity contribution in [3.63, 3.8) is 0 Å². The molecule has 0 fully saturated rings. The minimum absolute atomic E-state index is 0.0152. The number of amides is 1. The Morgan fingerprint density at radius 1 is 1.32 bits per heavy atom. The highest BCUT2D eigenvalue weighted by molar-refractivity contribution is 7.09. The fourth-order valence-electron chi connectivity index (χ4n) is 2.20. The minimum Gasteiger partial charge on any atom is -0.323 e. The Balaban J connectivity index is 1.86. The molecule has 1 amide bonds. The van der Waals surface area contributed by atoms with E-state index < -0.39 is 0 Å². The van der Waals surface area contributed by atoms with Gasteiger partial charge in [-0.15, -0.1) is 11.3 Å². The first kappa shape index (κ1) is 16.2. The first-order valence-electron chi connectivity index (χ1n) is 7.33. The molecule has 0 bridgehead atoms. The van der Waals surface area contributed by atoms with Crippen LogP contribution >= 0.6 is 11.3 Å². The molecule has 1 heterocycles. The molecule has 0 radical (unpaired) electrons. The Labute approximate surface area is 135 Å². The van der Waals surface area contributed by atoms with Crippen LogP contribution in [0.3, 0.4) is 0 Å². The highest BCUT2D eigenvalue weighted by atomic mass is 32.1. The summed E-state index contributed by atoms with van der Waals surface area (Å²) in [4.78, 5) is 14.7. The Bertz CT molecular complexity index is 629. The highest BCUT2D eigenvalue weighted by Crippen LogP contribution is 2.09. The summed E-state index contributed by atoms with van der Waals surface area (Å²) in [6.07, 6.45) is 0.392. The van der Waals surface area contributed by atoms with E-state index in [9.17, 15) is 4.79 Å². The molecule has 0 aliphatic carbocycles. The number of carbonyl (C=O) groups is 1. The molecule has 0 saturated heterocycles. The number of carbonyl (C=O) groups excluding carboxylic acids is 1. The molecule has 2 N–H and O–H groups in total. The van der Waals surface area contributed by atoms with Gasteiger partial charge >= 0.3 is 0 Å². The predicted molar refractivity (Wildman–Crippen MR) is 88.8 cm³/mol. The summed E-state index contributed by atoms with van der Waals surface area (Å²) in [5.41, 5.74) is 1.73. The van der Waals surface area contributed by atoms with Crippen molar-refractivity contribution >= 4 is 22.9 Å². The van der Waals surface area contributed by atoms with Crippen LogP contribution in [0.25, 0.3) is 0 Å². The van der Waals surface area contributed by atoms with Gasteiger partial charge in [-0.25, -0.2) is 0 Å². The summed E-state index contributed by atoms with van der Waals surface area (Å²) >= 11 is 1.73. The van der Waals surface area contributed by atoms with Gasteiger partial charge in [0, 0.05) is 5.69 Å². The molecule has 22 heavy (non-hydrogen) atoms. The van der Waals surface area contributed by atoms with Crippen molar-refractivity contribution in [1.29, 1.82) is 5.26 Å². The molecule has 1 aromatic heterocycles. The zero-order valence-corrected chi connectivity index (χ0v) is 13.5. The number of anilines is 1. The molecule has 4 nitrogen and oxygen atoms in total. The summed E-state index contributed by atoms with van der Waals surface area (Å²) in [7, 11) is 0. The monoisotopic (exact) mass is 314 g/mol. The van der Waals surface area contributed by atoms with E-state index in [0.717, 1.165) is 24.3 Å². The first-order valence-corrected chi connectivity index (χ1v) is 8.21. The summed E-state index contributed by atoms with van der Waals surface area (Å²) in [5, 5.41) is 13.6. The van der Waals surface area contributed by atoms with Gasteiger partial charge in [0.15, 0.2) is 6.54 Å². The number of nitrogens with zero attached hydrogens (tertiary/aromatic N) is 1. The van der Waals surface area contributed by atoms with Gasteiger partial charge in [0.25, 0.3) is 5.91 Å². The fourth-order valence-corrected chi connectivity index (χ4v) is 2.98. The number of thiophene rings is 1. The van der Waals surface area contributed by atoms with E-state index in [1.54, 1.807) is 11.3 Å². The maximum Gasteiger partial charge on any atom is 0.279 e. The number of rotatable bonds is 7. The molecule has 0 saturated carbocycles. The second-order valence-electron chi connectivity index (χ2n) is 5.12. The number of likely N-dealkylation sites (N-methyl/N-ethyl adjacent to an activating group) is 1. The van der Waals surface area contributed by atoms with Gasteiger partial charge in [0.05, 0.1) is 23.9 Å². The second kappa shape index (κ2) is 8.32. The predicted octanol–water partition coefficient (Wildman–Crippen LogP) is 1.86. The molecule has 2 rings (SSSR count). The zero-order valence-electron chi connectivity index (χ0n) is 12.6. The molecule has 1 unspecified atom stereocenters. The SMILES string of the molecule is CC[NH+](CC(=O)Nc1ccc(CC#N)cc1)Cc1cccs1. The molecule has 1 aromatic carbocycles. The van der Waals surface area contributed by atoms with Crippen LogP contribution in [0.5, 0.6) is 0 Å². The summed E-state index contributed by atoms with van der Waals surface area (Å²) in [6.45, 7) is 4.33. The third-order valence-electron chi connectivity index (χ3n) is 3.44. The van der Waals surface area contributed by atoms with E-state index in [1.807, 2.05) is 30.3 Å². The van der Waals surface area contributed by atoms with Crippen LogP contribution in [0.4, 0.5) is 5.69 Å². The van der Waals surface area contributed by atoms with E-state index in [4.69, 9.17) is 5.26 Å². The summed E-state index contributed by atoms with van der Waals surface area (Å²) < 4.78 is 0. The van der Waals surface area contributed by atoms with E-state index in [2.05, 4.69) is 29.8 Å². The number of nitrogens with one attached hydrogen (secondary N) is 2. The van der Waals surface area contributed by atoms with Crippen LogP contribution in [0.2, 0.25) is 0 Å². The Hall–Kier alpha value is -2.16. The molecule has 0 spiro atoms. The number of hydrogen-bond donors (Lipinski definition) is 2. The molecule has 0 aliphatic rings. The molecule has 5 heteroatoms. The van der Waals surface area contributed by atoms with Crippen LogP contribution in [0.15, 0.2) is 41.8 Å². The standard InChI is InChI=1S/C17H19N3OS/c1-2-20(12-16-4-3-11-22-16)13-17(21)19-15-7-5-14(6-8-15)9-10-18/h3-8,11H,2,9,12-13H2,1H3,(H,19,21)/p+1. The van der Waals surface area contributed by atoms with Gasteiger partial charge in [-0.05, 0) is 36.1 Å². The van der Waals surface area contributed by atoms with Crippen LogP contribution < -0.4 is 10.2 Å². The van der Waals surface area contributed by atoms with E-state index in [0.29, 0.717) is 13.0 Å². The summed E-state index contributed by atoms with van der Waals surface area (Å²) in [5.74, 6) is 0.0152. The van der Waals surface area contributed by atoms with Gasteiger partial charge < -0.3 is 10.2 Å². The van der Waals surface area contributed by atoms with Crippen LogP contribution in [-0.2, 0) is 17.8 Å². The number of hydrogen-bond acceptors (Lipinski definition) is 3. The van der Waals surface area contributed by atoms with Crippen LogP contribution in [0.1, 0.15) is 17.4 Å². The molecule has 1 atom stereocenters. The molecule has 0 aliphatic heterocycles. The van der Waals surface area contributed by atoms with Gasteiger partial charge in [-0.1, -0.05) is 18.2 Å². The molecular weight excluding hydrogens is 294 g/mol. The normalized spacial score (nSPS) is 11.6. The van der Waals surface area contributed by atoms with Gasteiger partial charge in [0.1, 0.15) is 6.54 Å². The van der Waals surface area contributed by atoms with Crippen molar-refractivity contribution in [1.82, 2.24) is 0 Å². The van der Waals surface area contributed by atoms with Gasteiger partial charge in [0.2, 0.25) is 0 Å². The van der Waals surface area contributed by atoms with Crippen molar-refractivity contribution in [2.45, 2.75) is 19.9 Å². The molecule has 2 aromatic rings. The van der Waals surface area contributed by atoms with Crippen LogP contribution in [0, 0.1) is 11.3 Å². The second-order valence-corrected chi connectivity index (χ2v) is 6.15. The number of nitriles is 1. The van der Waals surface area contributed by atoms with Crippen molar-refractivity contribution in [2.24, 2.45) is 0 Å². The average Bonchev–Trinajstić information content (AvgIpc) is 3.02. The van der Waals surface area contributed by atoms with Gasteiger partial charge in [-0.3, -0.25) is 4.79 Å². The molecular formula is C17H20N3OS+. The van der Waals surface area contributed by atoms with E-state index in [-0.39, 0.29) is 5.91 Å². The van der Waals surface area contributed by atoms with Crippen molar-refractivity contribution in [3.05, 3.63) is 52.2 Å². The first-order chi connectivity index (χ1) is 10.7. The van der Waals surface area contributed by atoms with Crippen LogP contribution in [-0.4, -0.2) is 19.0 Å². The van der Waals surface area contributed by atoms with Crippen molar-refractivity contribution in [2.75, 3.05) is 18.4 Å². The van der Waals surface area contributed by atoms with E-state index >= 15 is 0 Å². The lowest BCUT2D eigenvalue weighted by atomic mass is 10.1. The molecule has 114 valence electrons. The number of quaternary nitrogens is 1. The third-order valence-corrected chi connectivity index (χ3v) is 4.31. The lowest BCUT2D eigenvalue weighted by Crippen LogP contribution is -3.11. The minimum atomic E-state index is 0.0152. The van der Waals surface area contributed by atoms with Crippen molar-refractivity contribution in [3.8, 4) is 6.07 Å². The lowest BCUT2D eigenvalue weighted by molar-refractivity contribution is -0.903. The maximum atomic E-state index is 12.1. The highest BCUT2D eigenvalue weighted by Gasteiger charge is 2.13. The maximum absolute atomic E-state index is 12.1.